The number of imide groups is 1. The molecule has 0 spiro atoms. The number of carbonyl (C=O) groups excluding carboxylic acids is 4. The Balaban J connectivity index is 0.727. The first kappa shape index (κ1) is 41.6. The van der Waals surface area contributed by atoms with Crippen LogP contribution in [0.25, 0.3) is 11.0 Å². The standard InChI is InChI=1S/C46H57N11O5/c1-29-38-27-49-46(52-42(38)57(34-5-3-4-6-34)45(62)41(29)30(2)58)50-39-9-7-35(26-48-39)55-19-21-56(22-20-55)44(61)32-13-15-53(16-14-32)28-31-11-17-54(18-12-31)36-23-33(24-47-25-36)37-8-10-40(59)51-43(37)60/h7,9,23-27,31-32,34,37H,3-6,8,10-22,28H2,1-2H3,(H,51,59,60)(H,48,49,50,52). The molecule has 2 N–H and O–H groups in total. The van der Waals surface area contributed by atoms with Crippen LogP contribution in [-0.4, -0.2) is 117 Å². The Morgan fingerprint density at radius 1 is 0.806 bits per heavy atom. The molecule has 3 amide bonds. The number of amides is 3. The summed E-state index contributed by atoms with van der Waals surface area (Å²) >= 11 is 0. The van der Waals surface area contributed by atoms with Gasteiger partial charge in [0.15, 0.2) is 5.78 Å². The number of likely N-dealkylation sites (tertiary alicyclic amines) is 1. The zero-order valence-corrected chi connectivity index (χ0v) is 35.9. The van der Waals surface area contributed by atoms with E-state index in [2.05, 4.69) is 46.4 Å². The number of Topliss-reactive ketones (excluding diaryl/α,β-unsaturated/α-hetero) is 1. The minimum absolute atomic E-state index is 0.00526. The quantitative estimate of drug-likeness (QED) is 0.165. The van der Waals surface area contributed by atoms with Crippen LogP contribution in [0.15, 0.2) is 47.8 Å². The minimum Gasteiger partial charge on any atom is -0.370 e. The number of anilines is 4. The summed E-state index contributed by atoms with van der Waals surface area (Å²) < 4.78 is 1.71. The second kappa shape index (κ2) is 17.9. The third-order valence-corrected chi connectivity index (χ3v) is 14.0. The highest BCUT2D eigenvalue weighted by atomic mass is 16.2. The van der Waals surface area contributed by atoms with Crippen molar-refractivity contribution in [3.63, 3.8) is 0 Å². The molecule has 5 aliphatic rings. The smallest absolute Gasteiger partial charge is 0.263 e. The van der Waals surface area contributed by atoms with Gasteiger partial charge in [-0.25, -0.2) is 9.97 Å². The molecule has 4 aliphatic heterocycles. The minimum atomic E-state index is -0.329. The van der Waals surface area contributed by atoms with Crippen LogP contribution in [0, 0.1) is 18.8 Å². The zero-order valence-electron chi connectivity index (χ0n) is 35.9. The molecule has 9 rings (SSSR count). The third-order valence-electron chi connectivity index (χ3n) is 14.0. The summed E-state index contributed by atoms with van der Waals surface area (Å²) in [7, 11) is 0. The molecule has 1 aliphatic carbocycles. The fourth-order valence-electron chi connectivity index (χ4n) is 10.4. The maximum Gasteiger partial charge on any atom is 0.263 e. The van der Waals surface area contributed by atoms with Crippen molar-refractivity contribution >= 4 is 57.7 Å². The Hall–Kier alpha value is -5.77. The molecule has 0 radical (unpaired) electrons. The van der Waals surface area contributed by atoms with Crippen LogP contribution in [0.2, 0.25) is 0 Å². The van der Waals surface area contributed by atoms with Crippen molar-refractivity contribution in [3.05, 3.63) is 70.0 Å². The lowest BCUT2D eigenvalue weighted by molar-refractivity contribution is -0.137. The molecule has 4 aromatic rings. The van der Waals surface area contributed by atoms with E-state index in [4.69, 9.17) is 4.98 Å². The van der Waals surface area contributed by atoms with E-state index < -0.39 is 0 Å². The predicted octanol–water partition coefficient (Wildman–Crippen LogP) is 4.75. The molecule has 326 valence electrons. The number of nitrogens with one attached hydrogen (secondary N) is 2. The van der Waals surface area contributed by atoms with E-state index in [1.54, 1.807) is 23.9 Å². The summed E-state index contributed by atoms with van der Waals surface area (Å²) in [5, 5.41) is 6.38. The van der Waals surface area contributed by atoms with Gasteiger partial charge in [0.05, 0.1) is 35.2 Å². The third kappa shape index (κ3) is 8.66. The molecular weight excluding hydrogens is 787 g/mol. The second-order valence-corrected chi connectivity index (χ2v) is 17.9. The molecule has 1 atom stereocenters. The number of carbonyl (C=O) groups is 4. The summed E-state index contributed by atoms with van der Waals surface area (Å²) in [5.74, 6) is 0.871. The van der Waals surface area contributed by atoms with E-state index in [1.807, 2.05) is 29.4 Å². The van der Waals surface area contributed by atoms with Crippen molar-refractivity contribution in [2.75, 3.05) is 74.0 Å². The van der Waals surface area contributed by atoms with Crippen LogP contribution in [0.4, 0.5) is 23.1 Å². The van der Waals surface area contributed by atoms with Crippen LogP contribution < -0.4 is 26.0 Å². The number of pyridine rings is 3. The average molecular weight is 844 g/mol. The van der Waals surface area contributed by atoms with Gasteiger partial charge in [-0.2, -0.15) is 4.98 Å². The van der Waals surface area contributed by atoms with Gasteiger partial charge in [-0.1, -0.05) is 12.8 Å². The lowest BCUT2D eigenvalue weighted by Crippen LogP contribution is -2.52. The van der Waals surface area contributed by atoms with Gasteiger partial charge < -0.3 is 24.9 Å². The summed E-state index contributed by atoms with van der Waals surface area (Å²) in [4.78, 5) is 91.5. The number of nitrogens with zero attached hydrogens (tertiary/aromatic N) is 9. The maximum atomic E-state index is 13.7. The molecule has 1 unspecified atom stereocenters. The zero-order chi connectivity index (χ0) is 42.9. The number of fused-ring (bicyclic) bond motifs is 1. The molecule has 16 nitrogen and oxygen atoms in total. The topological polar surface area (TPSA) is 179 Å². The van der Waals surface area contributed by atoms with Gasteiger partial charge >= 0.3 is 0 Å². The number of hydrogen-bond acceptors (Lipinski definition) is 13. The van der Waals surface area contributed by atoms with Gasteiger partial charge in [0.1, 0.15) is 11.5 Å². The van der Waals surface area contributed by atoms with E-state index in [1.165, 1.54) is 6.92 Å². The lowest BCUT2D eigenvalue weighted by Gasteiger charge is -2.40. The van der Waals surface area contributed by atoms with Gasteiger partial charge in [-0.05, 0) is 107 Å². The van der Waals surface area contributed by atoms with Crippen molar-refractivity contribution in [2.45, 2.75) is 90.0 Å². The van der Waals surface area contributed by atoms with Gasteiger partial charge in [0.2, 0.25) is 23.7 Å². The Bertz CT molecular complexity index is 2390. The summed E-state index contributed by atoms with van der Waals surface area (Å²) in [6, 6.07) is 5.99. The normalized spacial score (nSPS) is 21.1. The highest BCUT2D eigenvalue weighted by molar-refractivity contribution is 6.01. The highest BCUT2D eigenvalue weighted by Crippen LogP contribution is 2.33. The molecule has 0 bridgehead atoms. The molecule has 8 heterocycles. The average Bonchev–Trinajstić information content (AvgIpc) is 3.82. The van der Waals surface area contributed by atoms with Crippen molar-refractivity contribution < 1.29 is 19.2 Å². The van der Waals surface area contributed by atoms with Gasteiger partial charge in [0.25, 0.3) is 5.56 Å². The predicted molar refractivity (Wildman–Crippen MR) is 236 cm³/mol. The Morgan fingerprint density at radius 3 is 2.24 bits per heavy atom. The number of ketones is 1. The van der Waals surface area contributed by atoms with Gasteiger partial charge in [0, 0.05) is 82.0 Å². The van der Waals surface area contributed by atoms with E-state index >= 15 is 0 Å². The first-order chi connectivity index (χ1) is 30.1. The lowest BCUT2D eigenvalue weighted by atomic mass is 9.90. The van der Waals surface area contributed by atoms with Crippen LogP contribution in [0.3, 0.4) is 0 Å². The molecule has 1 saturated carbocycles. The van der Waals surface area contributed by atoms with Crippen LogP contribution in [0.1, 0.15) is 105 Å². The Morgan fingerprint density at radius 2 is 1.55 bits per heavy atom. The molecule has 5 fully saturated rings. The Labute approximate surface area is 361 Å². The van der Waals surface area contributed by atoms with Crippen molar-refractivity contribution in [3.8, 4) is 0 Å². The van der Waals surface area contributed by atoms with E-state index in [0.29, 0.717) is 60.2 Å². The van der Waals surface area contributed by atoms with Crippen LogP contribution in [-0.2, 0) is 14.4 Å². The number of piperazine rings is 1. The molecule has 0 aromatic carbocycles. The largest absolute Gasteiger partial charge is 0.370 e. The summed E-state index contributed by atoms with van der Waals surface area (Å²) in [6.45, 7) is 10.9. The fraction of sp³-hybridized carbons (Fsp3) is 0.543. The Kier molecular flexibility index (Phi) is 12.0. The second-order valence-electron chi connectivity index (χ2n) is 17.9. The molecular formula is C46H57N11O5. The van der Waals surface area contributed by atoms with E-state index in [9.17, 15) is 24.0 Å². The molecule has 16 heteroatoms. The van der Waals surface area contributed by atoms with Crippen LogP contribution in [0.5, 0.6) is 0 Å². The van der Waals surface area contributed by atoms with Gasteiger partial charge in [-0.15, -0.1) is 0 Å². The number of aromatic nitrogens is 5. The molecule has 62 heavy (non-hydrogen) atoms. The number of rotatable bonds is 10. The summed E-state index contributed by atoms with van der Waals surface area (Å²) in [5.41, 5.74) is 3.99. The molecule has 4 aromatic heterocycles. The monoisotopic (exact) mass is 843 g/mol. The first-order valence-corrected chi connectivity index (χ1v) is 22.5. The van der Waals surface area contributed by atoms with Crippen LogP contribution >= 0.6 is 0 Å². The SMILES string of the molecule is CC(=O)c1c(C)c2cnc(Nc3ccc(N4CCN(C(=O)C5CCN(CC6CCN(c7cncc(C8CCC(=O)NC8=O)c7)CC6)CC5)CC4)cn3)nc2n(C2CCCC2)c1=O. The number of hydrogen-bond donors (Lipinski definition) is 2. The van der Waals surface area contributed by atoms with Crippen molar-refractivity contribution in [1.29, 1.82) is 0 Å². The first-order valence-electron chi connectivity index (χ1n) is 22.5. The van der Waals surface area contributed by atoms with Crippen molar-refractivity contribution in [2.24, 2.45) is 11.8 Å². The summed E-state index contributed by atoms with van der Waals surface area (Å²) in [6.07, 6.45) is 15.8. The number of aryl methyl sites for hydroxylation is 1. The maximum absolute atomic E-state index is 13.7. The van der Waals surface area contributed by atoms with E-state index in [-0.39, 0.29) is 52.5 Å². The number of piperidine rings is 3. The fourth-order valence-corrected chi connectivity index (χ4v) is 10.4. The highest BCUT2D eigenvalue weighted by Gasteiger charge is 2.33. The molecule has 4 saturated heterocycles. The van der Waals surface area contributed by atoms with Crippen molar-refractivity contribution in [1.82, 2.24) is 39.6 Å². The van der Waals surface area contributed by atoms with E-state index in [0.717, 1.165) is 114 Å². The van der Waals surface area contributed by atoms with Gasteiger partial charge in [-0.3, -0.25) is 38.8 Å².